The molecule has 0 saturated carbocycles. The molecule has 0 bridgehead atoms. The van der Waals surface area contributed by atoms with E-state index < -0.39 is 5.60 Å². The number of unbranched alkanes of at least 4 members (excludes halogenated alkanes) is 3. The maximum absolute atomic E-state index is 12.3. The van der Waals surface area contributed by atoms with E-state index in [1.54, 1.807) is 11.8 Å². The normalized spacial score (nSPS) is 17.0. The van der Waals surface area contributed by atoms with Gasteiger partial charge >= 0.3 is 5.97 Å². The summed E-state index contributed by atoms with van der Waals surface area (Å²) < 4.78 is 6.59. The summed E-state index contributed by atoms with van der Waals surface area (Å²) in [6, 6.07) is 8.13. The topological polar surface area (TPSA) is 38.7 Å². The second-order valence-corrected chi connectivity index (χ2v) is 9.78. The summed E-state index contributed by atoms with van der Waals surface area (Å²) in [5.41, 5.74) is 1.68. The van der Waals surface area contributed by atoms with Gasteiger partial charge in [0, 0.05) is 11.0 Å². The molecule has 1 atom stereocenters. The first-order valence-electron chi connectivity index (χ1n) is 9.08. The zero-order valence-electron chi connectivity index (χ0n) is 15.7. The van der Waals surface area contributed by atoms with Crippen LogP contribution in [-0.2, 0) is 9.53 Å². The Kier molecular flexibility index (Phi) is 7.88. The van der Waals surface area contributed by atoms with Crippen LogP contribution in [0.3, 0.4) is 0 Å². The number of hydrogen-bond donors (Lipinski definition) is 0. The highest BCUT2D eigenvalue weighted by Gasteiger charge is 2.28. The number of benzene rings is 1. The van der Waals surface area contributed by atoms with Gasteiger partial charge in [0.05, 0.1) is 12.1 Å². The van der Waals surface area contributed by atoms with Crippen molar-refractivity contribution in [3.63, 3.8) is 0 Å². The molecule has 1 aliphatic rings. The Labute approximate surface area is 160 Å². The van der Waals surface area contributed by atoms with Gasteiger partial charge in [-0.15, -0.1) is 0 Å². The van der Waals surface area contributed by atoms with Crippen molar-refractivity contribution in [2.45, 2.75) is 70.7 Å². The van der Waals surface area contributed by atoms with E-state index >= 15 is 0 Å². The van der Waals surface area contributed by atoms with Crippen molar-refractivity contribution in [3.05, 3.63) is 29.8 Å². The van der Waals surface area contributed by atoms with Crippen molar-refractivity contribution in [2.75, 3.05) is 5.75 Å². The molecule has 5 heteroatoms. The van der Waals surface area contributed by atoms with Crippen LogP contribution in [0.5, 0.6) is 0 Å². The van der Waals surface area contributed by atoms with Crippen LogP contribution in [0.25, 0.3) is 0 Å². The molecule has 0 aromatic heterocycles. The predicted molar refractivity (Wildman–Crippen MR) is 111 cm³/mol. The predicted octanol–water partition coefficient (Wildman–Crippen LogP) is 6.51. The van der Waals surface area contributed by atoms with Gasteiger partial charge in [0.2, 0.25) is 0 Å². The zero-order chi connectivity index (χ0) is 18.3. The largest absolute Gasteiger partial charge is 0.460 e. The van der Waals surface area contributed by atoms with Crippen LogP contribution in [0.1, 0.15) is 70.6 Å². The molecule has 1 unspecified atom stereocenters. The fourth-order valence-electron chi connectivity index (χ4n) is 2.61. The Hall–Kier alpha value is -0.940. The number of hydrogen-bond acceptors (Lipinski definition) is 5. The average molecular weight is 380 g/mol. The zero-order valence-corrected chi connectivity index (χ0v) is 17.3. The van der Waals surface area contributed by atoms with Crippen LogP contribution in [0.4, 0.5) is 5.69 Å². The lowest BCUT2D eigenvalue weighted by molar-refractivity contribution is -0.154. The Morgan fingerprint density at radius 3 is 2.72 bits per heavy atom. The minimum absolute atomic E-state index is 0.0849. The Bertz CT molecular complexity index is 608. The molecule has 0 fully saturated rings. The molecule has 0 amide bonds. The van der Waals surface area contributed by atoms with E-state index in [4.69, 9.17) is 9.73 Å². The molecule has 2 rings (SSSR count). The molecular formula is C20H29NO2S2. The minimum atomic E-state index is -0.444. The summed E-state index contributed by atoms with van der Waals surface area (Å²) in [5, 5.41) is 0.0849. The van der Waals surface area contributed by atoms with E-state index in [1.165, 1.54) is 25.7 Å². The monoisotopic (exact) mass is 379 g/mol. The van der Waals surface area contributed by atoms with E-state index in [1.807, 2.05) is 50.7 Å². The standard InChI is InChI=1S/C20H29NO2S2/c1-5-6-7-10-13-24-19-21-16-12-9-8-11-15(16)17(25-19)14-18(22)23-20(2,3)4/h8-9,11-12,17H,5-7,10,13-14H2,1-4H3. The van der Waals surface area contributed by atoms with Gasteiger partial charge in [0.15, 0.2) is 0 Å². The van der Waals surface area contributed by atoms with Gasteiger partial charge in [0.1, 0.15) is 9.98 Å². The fraction of sp³-hybridized carbons (Fsp3) is 0.600. The highest BCUT2D eigenvalue weighted by Crippen LogP contribution is 2.45. The van der Waals surface area contributed by atoms with E-state index in [0.717, 1.165) is 21.4 Å². The van der Waals surface area contributed by atoms with E-state index in [2.05, 4.69) is 13.0 Å². The fourth-order valence-corrected chi connectivity index (χ4v) is 5.11. The van der Waals surface area contributed by atoms with Crippen LogP contribution in [0.2, 0.25) is 0 Å². The molecule has 1 aliphatic heterocycles. The van der Waals surface area contributed by atoms with Gasteiger partial charge in [-0.05, 0) is 38.8 Å². The maximum Gasteiger partial charge on any atom is 0.307 e. The number of ether oxygens (including phenoxy) is 1. The highest BCUT2D eigenvalue weighted by molar-refractivity contribution is 8.39. The van der Waals surface area contributed by atoms with Gasteiger partial charge in [-0.2, -0.15) is 0 Å². The summed E-state index contributed by atoms with van der Waals surface area (Å²) in [7, 11) is 0. The summed E-state index contributed by atoms with van der Waals surface area (Å²) in [5.74, 6) is 0.946. The first-order chi connectivity index (χ1) is 11.9. The molecule has 0 N–H and O–H groups in total. The van der Waals surface area contributed by atoms with Crippen LogP contribution in [-0.4, -0.2) is 21.7 Å². The first-order valence-corrected chi connectivity index (χ1v) is 10.9. The Balaban J connectivity index is 2.01. The van der Waals surface area contributed by atoms with Gasteiger partial charge < -0.3 is 4.74 Å². The lowest BCUT2D eigenvalue weighted by Gasteiger charge is -2.25. The number of fused-ring (bicyclic) bond motifs is 1. The molecule has 0 spiro atoms. The molecule has 0 aliphatic carbocycles. The smallest absolute Gasteiger partial charge is 0.307 e. The van der Waals surface area contributed by atoms with Gasteiger partial charge in [-0.25, -0.2) is 4.99 Å². The van der Waals surface area contributed by atoms with E-state index in [0.29, 0.717) is 6.42 Å². The number of aliphatic imine (C=N–C) groups is 1. The lowest BCUT2D eigenvalue weighted by atomic mass is 10.1. The molecule has 3 nitrogen and oxygen atoms in total. The molecule has 138 valence electrons. The third-order valence-corrected chi connectivity index (χ3v) is 6.21. The number of carbonyl (C=O) groups is 1. The number of nitrogens with zero attached hydrogens (tertiary/aromatic N) is 1. The van der Waals surface area contributed by atoms with E-state index in [-0.39, 0.29) is 11.2 Å². The second-order valence-electron chi connectivity index (χ2n) is 7.24. The molecular weight excluding hydrogens is 350 g/mol. The van der Waals surface area contributed by atoms with Crippen molar-refractivity contribution in [1.82, 2.24) is 0 Å². The summed E-state index contributed by atoms with van der Waals surface area (Å²) >= 11 is 3.52. The molecule has 0 radical (unpaired) electrons. The van der Waals surface area contributed by atoms with Crippen LogP contribution in [0, 0.1) is 0 Å². The Morgan fingerprint density at radius 1 is 1.24 bits per heavy atom. The van der Waals surface area contributed by atoms with Crippen LogP contribution < -0.4 is 0 Å². The second kappa shape index (κ2) is 9.67. The molecule has 1 aromatic carbocycles. The Morgan fingerprint density at radius 2 is 2.00 bits per heavy atom. The van der Waals surface area contributed by atoms with Crippen molar-refractivity contribution in [3.8, 4) is 0 Å². The summed E-state index contributed by atoms with van der Waals surface area (Å²) in [6.45, 7) is 7.95. The first kappa shape index (κ1) is 20.4. The summed E-state index contributed by atoms with van der Waals surface area (Å²) in [6.07, 6.45) is 5.43. The van der Waals surface area contributed by atoms with Crippen LogP contribution >= 0.6 is 23.5 Å². The third-order valence-electron chi connectivity index (χ3n) is 3.73. The molecule has 1 heterocycles. The minimum Gasteiger partial charge on any atom is -0.460 e. The van der Waals surface area contributed by atoms with Gasteiger partial charge in [0.25, 0.3) is 0 Å². The number of rotatable bonds is 7. The number of esters is 1. The van der Waals surface area contributed by atoms with Gasteiger partial charge in [-0.3, -0.25) is 4.79 Å². The molecule has 25 heavy (non-hydrogen) atoms. The number of carbonyl (C=O) groups excluding carboxylic acids is 1. The molecule has 0 saturated heterocycles. The quantitative estimate of drug-likeness (QED) is 0.400. The van der Waals surface area contributed by atoms with Crippen molar-refractivity contribution < 1.29 is 9.53 Å². The lowest BCUT2D eigenvalue weighted by Crippen LogP contribution is -2.25. The van der Waals surface area contributed by atoms with Crippen molar-refractivity contribution >= 4 is 39.6 Å². The number of para-hydroxylation sites is 1. The van der Waals surface area contributed by atoms with E-state index in [9.17, 15) is 4.79 Å². The average Bonchev–Trinajstić information content (AvgIpc) is 2.53. The SMILES string of the molecule is CCCCCCSC1=Nc2ccccc2C(CC(=O)OC(C)(C)C)S1. The summed E-state index contributed by atoms with van der Waals surface area (Å²) in [4.78, 5) is 17.1. The molecule has 1 aromatic rings. The maximum atomic E-state index is 12.3. The van der Waals surface area contributed by atoms with Crippen molar-refractivity contribution in [2.24, 2.45) is 4.99 Å². The van der Waals surface area contributed by atoms with Crippen molar-refractivity contribution in [1.29, 1.82) is 0 Å². The van der Waals surface area contributed by atoms with Crippen LogP contribution in [0.15, 0.2) is 29.3 Å². The number of thioether (sulfide) groups is 2. The third kappa shape index (κ3) is 7.06. The van der Waals surface area contributed by atoms with Gasteiger partial charge in [-0.1, -0.05) is 67.9 Å². The highest BCUT2D eigenvalue weighted by atomic mass is 32.2.